The molecule has 0 saturated heterocycles. The monoisotopic (exact) mass is 546 g/mol. The van der Waals surface area contributed by atoms with Crippen LogP contribution in [0.25, 0.3) is 0 Å². The molecule has 0 amide bonds. The lowest BCUT2D eigenvalue weighted by atomic mass is 10.0. The van der Waals surface area contributed by atoms with E-state index in [1.807, 2.05) is 12.1 Å². The Morgan fingerprint density at radius 2 is 1.65 bits per heavy atom. The van der Waals surface area contributed by atoms with E-state index < -0.39 is 9.84 Å². The Labute approximate surface area is 214 Å². The van der Waals surface area contributed by atoms with Crippen molar-refractivity contribution in [2.24, 2.45) is 0 Å². The Morgan fingerprint density at radius 1 is 1.03 bits per heavy atom. The van der Waals surface area contributed by atoms with Gasteiger partial charge in [-0.05, 0) is 57.2 Å². The second kappa shape index (κ2) is 10.6. The molecule has 7 nitrogen and oxygen atoms in total. The first kappa shape index (κ1) is 26.5. The number of hydrogen-bond acceptors (Lipinski definition) is 7. The van der Waals surface area contributed by atoms with Crippen molar-refractivity contribution in [3.05, 3.63) is 58.6 Å². The summed E-state index contributed by atoms with van der Waals surface area (Å²) < 4.78 is 40.0. The van der Waals surface area contributed by atoms with Crippen molar-refractivity contribution in [3.8, 4) is 11.5 Å². The van der Waals surface area contributed by atoms with Gasteiger partial charge in [-0.25, -0.2) is 13.4 Å². The third kappa shape index (κ3) is 6.30. The van der Waals surface area contributed by atoms with Crippen LogP contribution in [0.4, 0.5) is 11.4 Å². The summed E-state index contributed by atoms with van der Waals surface area (Å²) >= 11 is 18.6. The summed E-state index contributed by atoms with van der Waals surface area (Å²) in [6.45, 7) is 6.42. The summed E-state index contributed by atoms with van der Waals surface area (Å²) in [6.07, 6.45) is 2.15. The molecule has 0 atom stereocenters. The van der Waals surface area contributed by atoms with Gasteiger partial charge in [-0.15, -0.1) is 11.6 Å². The Morgan fingerprint density at radius 3 is 2.18 bits per heavy atom. The first-order valence-corrected chi connectivity index (χ1v) is 13.4. The van der Waals surface area contributed by atoms with E-state index in [-0.39, 0.29) is 22.9 Å². The highest BCUT2D eigenvalue weighted by atomic mass is 35.5. The van der Waals surface area contributed by atoms with Crippen LogP contribution in [0.2, 0.25) is 10.0 Å². The standard InChI is InChI=1S/C23H25Cl3N2O5S/c1-23(2,3)28(16-11-18(25)21(19(26)12-16)31-10-9-24)15-5-7-17(8-6-15)32-13-20-22(27-14-33-20)34(4,29)30/h5-8,11-12,14H,9-10,13H2,1-4H3. The number of nitrogens with zero attached hydrogens (tertiary/aromatic N) is 2. The van der Waals surface area contributed by atoms with Gasteiger partial charge < -0.3 is 18.8 Å². The molecule has 11 heteroatoms. The van der Waals surface area contributed by atoms with Gasteiger partial charge in [0.25, 0.3) is 0 Å². The lowest BCUT2D eigenvalue weighted by Crippen LogP contribution is -2.37. The summed E-state index contributed by atoms with van der Waals surface area (Å²) in [4.78, 5) is 5.84. The van der Waals surface area contributed by atoms with Crippen LogP contribution in [-0.4, -0.2) is 37.7 Å². The fraction of sp³-hybridized carbons (Fsp3) is 0.348. The molecule has 184 valence electrons. The number of oxazole rings is 1. The number of sulfone groups is 1. The van der Waals surface area contributed by atoms with Crippen molar-refractivity contribution in [3.63, 3.8) is 0 Å². The highest BCUT2D eigenvalue weighted by molar-refractivity contribution is 7.90. The van der Waals surface area contributed by atoms with E-state index in [2.05, 4.69) is 30.7 Å². The predicted octanol–water partition coefficient (Wildman–Crippen LogP) is 6.52. The molecule has 0 N–H and O–H groups in total. The van der Waals surface area contributed by atoms with E-state index >= 15 is 0 Å². The van der Waals surface area contributed by atoms with Gasteiger partial charge >= 0.3 is 0 Å². The minimum absolute atomic E-state index is 0.0697. The highest BCUT2D eigenvalue weighted by Crippen LogP contribution is 2.42. The minimum atomic E-state index is -3.50. The summed E-state index contributed by atoms with van der Waals surface area (Å²) in [5, 5.41) is 0.640. The molecule has 0 radical (unpaired) electrons. The normalized spacial score (nSPS) is 12.0. The number of halogens is 3. The lowest BCUT2D eigenvalue weighted by Gasteiger charge is -2.38. The van der Waals surface area contributed by atoms with E-state index in [4.69, 9.17) is 48.7 Å². The smallest absolute Gasteiger partial charge is 0.200 e. The molecular formula is C23H25Cl3N2O5S. The number of anilines is 2. The maximum Gasteiger partial charge on any atom is 0.200 e. The van der Waals surface area contributed by atoms with E-state index in [1.54, 1.807) is 24.3 Å². The zero-order valence-corrected chi connectivity index (χ0v) is 22.2. The van der Waals surface area contributed by atoms with Crippen LogP contribution in [0.15, 0.2) is 52.2 Å². The molecule has 2 aromatic carbocycles. The maximum absolute atomic E-state index is 11.8. The van der Waals surface area contributed by atoms with Crippen LogP contribution in [0, 0.1) is 0 Å². The quantitative estimate of drug-likeness (QED) is 0.282. The molecule has 0 bridgehead atoms. The summed E-state index contributed by atoms with van der Waals surface area (Å²) in [6, 6.07) is 10.9. The Hall–Kier alpha value is -2.13. The van der Waals surface area contributed by atoms with Gasteiger partial charge in [-0.2, -0.15) is 0 Å². The van der Waals surface area contributed by atoms with Crippen LogP contribution >= 0.6 is 34.8 Å². The molecular weight excluding hydrogens is 523 g/mol. The van der Waals surface area contributed by atoms with Crippen molar-refractivity contribution in [1.82, 2.24) is 4.98 Å². The SMILES string of the molecule is CC(C)(C)N(c1ccc(OCc2ocnc2S(C)(=O)=O)cc1)c1cc(Cl)c(OCCCl)c(Cl)c1. The van der Waals surface area contributed by atoms with Crippen molar-refractivity contribution in [1.29, 1.82) is 0 Å². The average molecular weight is 548 g/mol. The van der Waals surface area contributed by atoms with Crippen molar-refractivity contribution >= 4 is 56.0 Å². The largest absolute Gasteiger partial charge is 0.489 e. The van der Waals surface area contributed by atoms with E-state index in [1.165, 1.54) is 0 Å². The molecule has 3 aromatic rings. The number of alkyl halides is 1. The first-order valence-electron chi connectivity index (χ1n) is 10.2. The Bertz CT molecular complexity index is 1220. The van der Waals surface area contributed by atoms with Crippen molar-refractivity contribution in [2.75, 3.05) is 23.6 Å². The molecule has 1 aromatic heterocycles. The maximum atomic E-state index is 11.8. The topological polar surface area (TPSA) is 81.9 Å². The van der Waals surface area contributed by atoms with E-state index in [0.29, 0.717) is 34.0 Å². The number of ether oxygens (including phenoxy) is 2. The van der Waals surface area contributed by atoms with E-state index in [0.717, 1.165) is 24.0 Å². The zero-order valence-electron chi connectivity index (χ0n) is 19.1. The Balaban J connectivity index is 1.85. The van der Waals surface area contributed by atoms with Gasteiger partial charge in [0.2, 0.25) is 0 Å². The summed E-state index contributed by atoms with van der Waals surface area (Å²) in [5.74, 6) is 1.40. The molecule has 1 heterocycles. The van der Waals surface area contributed by atoms with Gasteiger partial charge in [0.1, 0.15) is 19.0 Å². The van der Waals surface area contributed by atoms with Crippen LogP contribution in [0.5, 0.6) is 11.5 Å². The first-order chi connectivity index (χ1) is 15.9. The third-order valence-corrected chi connectivity index (χ3v) is 6.41. The third-order valence-electron chi connectivity index (χ3n) is 4.66. The number of rotatable bonds is 9. The van der Waals surface area contributed by atoms with Crippen LogP contribution in [0.3, 0.4) is 0 Å². The summed E-state index contributed by atoms with van der Waals surface area (Å²) in [7, 11) is -3.50. The molecule has 0 spiro atoms. The number of hydrogen-bond donors (Lipinski definition) is 0. The Kier molecular flexibility index (Phi) is 8.29. The van der Waals surface area contributed by atoms with Gasteiger partial charge in [0, 0.05) is 23.2 Å². The van der Waals surface area contributed by atoms with Gasteiger partial charge in [-0.1, -0.05) is 23.2 Å². The highest BCUT2D eigenvalue weighted by Gasteiger charge is 2.26. The van der Waals surface area contributed by atoms with Crippen LogP contribution in [-0.2, 0) is 16.4 Å². The average Bonchev–Trinajstić information content (AvgIpc) is 3.21. The predicted molar refractivity (Wildman–Crippen MR) is 135 cm³/mol. The van der Waals surface area contributed by atoms with Crippen molar-refractivity contribution in [2.45, 2.75) is 37.9 Å². The van der Waals surface area contributed by atoms with Gasteiger partial charge in [0.05, 0.1) is 15.9 Å². The number of benzene rings is 2. The second-order valence-corrected chi connectivity index (χ2v) is 11.5. The summed E-state index contributed by atoms with van der Waals surface area (Å²) in [5.41, 5.74) is 1.34. The zero-order chi connectivity index (χ0) is 25.1. The fourth-order valence-corrected chi connectivity index (χ4v) is 4.79. The molecule has 0 aliphatic rings. The molecule has 0 fully saturated rings. The second-order valence-electron chi connectivity index (χ2n) is 8.42. The molecule has 0 aliphatic carbocycles. The molecule has 0 aliphatic heterocycles. The molecule has 0 unspecified atom stereocenters. The van der Waals surface area contributed by atoms with Crippen LogP contribution < -0.4 is 14.4 Å². The van der Waals surface area contributed by atoms with Crippen molar-refractivity contribution < 1.29 is 22.3 Å². The lowest BCUT2D eigenvalue weighted by molar-refractivity contribution is 0.265. The fourth-order valence-electron chi connectivity index (χ4n) is 3.38. The molecule has 34 heavy (non-hydrogen) atoms. The molecule has 3 rings (SSSR count). The van der Waals surface area contributed by atoms with E-state index in [9.17, 15) is 8.42 Å². The minimum Gasteiger partial charge on any atom is -0.489 e. The van der Waals surface area contributed by atoms with Crippen LogP contribution in [0.1, 0.15) is 26.5 Å². The molecule has 0 saturated carbocycles. The van der Waals surface area contributed by atoms with Gasteiger partial charge in [0.15, 0.2) is 32.8 Å². The number of aromatic nitrogens is 1. The van der Waals surface area contributed by atoms with Gasteiger partial charge in [-0.3, -0.25) is 0 Å².